The zero-order valence-electron chi connectivity index (χ0n) is 27.3. The zero-order chi connectivity index (χ0) is 32.6. The van der Waals surface area contributed by atoms with Crippen LogP contribution in [0.5, 0.6) is 0 Å². The van der Waals surface area contributed by atoms with E-state index in [-0.39, 0.29) is 5.41 Å². The molecule has 0 radical (unpaired) electrons. The number of nitrogens with one attached hydrogen (secondary N) is 2. The van der Waals surface area contributed by atoms with E-state index in [2.05, 4.69) is 48.2 Å². The third kappa shape index (κ3) is 9.42. The molecule has 0 fully saturated rings. The first-order valence-corrected chi connectivity index (χ1v) is 18.6. The lowest BCUT2D eigenvalue weighted by Crippen LogP contribution is -2.27. The van der Waals surface area contributed by atoms with Crippen LogP contribution in [0, 0.1) is 0 Å². The Morgan fingerprint density at radius 2 is 1.58 bits per heavy atom. The summed E-state index contributed by atoms with van der Waals surface area (Å²) in [5, 5.41) is 9.72. The monoisotopic (exact) mass is 653 g/mol. The molecule has 2 heterocycles. The molecule has 2 aromatic heterocycles. The van der Waals surface area contributed by atoms with Gasteiger partial charge in [-0.1, -0.05) is 133 Å². The third-order valence-corrected chi connectivity index (χ3v) is 9.85. The molecule has 1 unspecified atom stereocenters. The molecule has 4 rings (SSSR count). The molecular weight excluding hydrogens is 606 g/mol. The Hall–Kier alpha value is -3.17. The van der Waals surface area contributed by atoms with Crippen LogP contribution < -0.4 is 5.32 Å². The number of rotatable bonds is 16. The largest absolute Gasteiger partial charge is 0.325 e. The van der Waals surface area contributed by atoms with Gasteiger partial charge in [-0.05, 0) is 36.1 Å². The summed E-state index contributed by atoms with van der Waals surface area (Å²) >= 11 is 6.58. The molecular formula is C35H48ClN5O3S. The van der Waals surface area contributed by atoms with E-state index in [4.69, 9.17) is 11.6 Å². The molecule has 10 heteroatoms. The number of H-pyrrole nitrogens is 1. The van der Waals surface area contributed by atoms with Gasteiger partial charge in [0.2, 0.25) is 5.91 Å². The third-order valence-electron chi connectivity index (χ3n) is 8.15. The normalized spacial score (nSPS) is 12.9. The minimum atomic E-state index is -3.74. The van der Waals surface area contributed by atoms with Gasteiger partial charge in [0.1, 0.15) is 5.02 Å². The van der Waals surface area contributed by atoms with Crippen molar-refractivity contribution in [2.45, 2.75) is 109 Å². The summed E-state index contributed by atoms with van der Waals surface area (Å²) in [5.41, 5.74) is 3.86. The Kier molecular flexibility index (Phi) is 11.9. The van der Waals surface area contributed by atoms with Crippen LogP contribution in [0.1, 0.15) is 114 Å². The maximum Gasteiger partial charge on any atom is 0.247 e. The van der Waals surface area contributed by atoms with Crippen molar-refractivity contribution >= 4 is 38.7 Å². The van der Waals surface area contributed by atoms with Gasteiger partial charge in [-0.3, -0.25) is 9.89 Å². The fraction of sp³-hybridized carbons (Fsp3) is 0.514. The molecule has 0 spiro atoms. The number of hydrogen-bond acceptors (Lipinski definition) is 5. The molecule has 8 nitrogen and oxygen atoms in total. The van der Waals surface area contributed by atoms with Crippen LogP contribution in [-0.2, 0) is 26.5 Å². The van der Waals surface area contributed by atoms with Crippen LogP contribution in [0.25, 0.3) is 17.0 Å². The summed E-state index contributed by atoms with van der Waals surface area (Å²) in [5.74, 6) is -0.183. The predicted octanol–water partition coefficient (Wildman–Crippen LogP) is 8.86. The average Bonchev–Trinajstić information content (AvgIpc) is 3.54. The Balaban J connectivity index is 1.36. The number of aromatic nitrogens is 4. The first-order chi connectivity index (χ1) is 21.4. The summed E-state index contributed by atoms with van der Waals surface area (Å²) in [6, 6.07) is 14.4. The summed E-state index contributed by atoms with van der Waals surface area (Å²) in [6.07, 6.45) is 14.9. The highest BCUT2D eigenvalue weighted by atomic mass is 35.5. The van der Waals surface area contributed by atoms with Crippen molar-refractivity contribution in [3.8, 4) is 11.4 Å². The van der Waals surface area contributed by atoms with E-state index >= 15 is 0 Å². The first-order valence-electron chi connectivity index (χ1n) is 16.2. The number of sulfone groups is 1. The maximum atomic E-state index is 13.4. The molecule has 4 aromatic rings. The van der Waals surface area contributed by atoms with E-state index in [0.29, 0.717) is 33.3 Å². The van der Waals surface area contributed by atoms with Gasteiger partial charge < -0.3 is 5.32 Å². The Morgan fingerprint density at radius 3 is 2.16 bits per heavy atom. The fourth-order valence-corrected chi connectivity index (χ4v) is 7.18. The summed E-state index contributed by atoms with van der Waals surface area (Å²) in [6.45, 7) is 8.40. The van der Waals surface area contributed by atoms with Gasteiger partial charge in [-0.25, -0.2) is 13.4 Å². The topological polar surface area (TPSA) is 109 Å². The molecule has 0 aliphatic carbocycles. The van der Waals surface area contributed by atoms with Gasteiger partial charge in [0.05, 0.1) is 5.69 Å². The Morgan fingerprint density at radius 1 is 0.956 bits per heavy atom. The Labute approximate surface area is 273 Å². The zero-order valence-corrected chi connectivity index (χ0v) is 28.9. The summed E-state index contributed by atoms with van der Waals surface area (Å²) in [4.78, 5) is 18.0. The van der Waals surface area contributed by atoms with E-state index in [9.17, 15) is 13.2 Å². The van der Waals surface area contributed by atoms with E-state index in [1.54, 1.807) is 35.0 Å². The van der Waals surface area contributed by atoms with Crippen LogP contribution in [0.15, 0.2) is 48.5 Å². The minimum Gasteiger partial charge on any atom is -0.325 e. The highest BCUT2D eigenvalue weighted by Gasteiger charge is 2.31. The number of carbonyl (C=O) groups is 1. The molecule has 0 bridgehead atoms. The van der Waals surface area contributed by atoms with Gasteiger partial charge in [-0.15, -0.1) is 5.10 Å². The molecule has 45 heavy (non-hydrogen) atoms. The summed E-state index contributed by atoms with van der Waals surface area (Å²) < 4.78 is 27.2. The number of unbranched alkanes of at least 4 members (excludes halogenated alkanes) is 9. The number of halogens is 1. The molecule has 244 valence electrons. The summed E-state index contributed by atoms with van der Waals surface area (Å²) in [7, 11) is -3.74. The number of fused-ring (bicyclic) bond motifs is 1. The first kappa shape index (κ1) is 34.7. The SMILES string of the molecule is CCCCCCCCCCCCc1ccc(C(C(=O)Nc2cccc(-c3nc4c(Cl)c(C(C)(C)C)[nH]n4n3)c2)S(C)(=O)=O)cc1. The second kappa shape index (κ2) is 15.4. The number of hydrogen-bond donors (Lipinski definition) is 2. The van der Waals surface area contributed by atoms with Crippen LogP contribution in [0.2, 0.25) is 5.02 Å². The molecule has 0 saturated heterocycles. The lowest BCUT2D eigenvalue weighted by atomic mass is 9.92. The van der Waals surface area contributed by atoms with Crippen molar-refractivity contribution in [3.05, 3.63) is 70.4 Å². The van der Waals surface area contributed by atoms with Gasteiger partial charge in [-0.2, -0.15) is 4.63 Å². The lowest BCUT2D eigenvalue weighted by Gasteiger charge is -2.16. The molecule has 2 N–H and O–H groups in total. The highest BCUT2D eigenvalue weighted by Crippen LogP contribution is 2.32. The van der Waals surface area contributed by atoms with Crippen molar-refractivity contribution in [3.63, 3.8) is 0 Å². The number of anilines is 1. The fourth-order valence-electron chi connectivity index (χ4n) is 5.63. The van der Waals surface area contributed by atoms with Crippen molar-refractivity contribution in [2.24, 2.45) is 0 Å². The van der Waals surface area contributed by atoms with E-state index in [1.807, 2.05) is 18.2 Å². The van der Waals surface area contributed by atoms with E-state index in [0.717, 1.165) is 30.4 Å². The molecule has 0 aliphatic rings. The van der Waals surface area contributed by atoms with Gasteiger partial charge in [0.15, 0.2) is 26.6 Å². The van der Waals surface area contributed by atoms with Crippen molar-refractivity contribution in [1.29, 1.82) is 0 Å². The lowest BCUT2D eigenvalue weighted by molar-refractivity contribution is -0.115. The van der Waals surface area contributed by atoms with E-state index in [1.165, 1.54) is 57.8 Å². The van der Waals surface area contributed by atoms with Gasteiger partial charge in [0.25, 0.3) is 0 Å². The van der Waals surface area contributed by atoms with Crippen molar-refractivity contribution in [1.82, 2.24) is 19.8 Å². The number of benzene rings is 2. The molecule has 1 amide bonds. The molecule has 0 saturated carbocycles. The number of amides is 1. The maximum absolute atomic E-state index is 13.4. The molecule has 2 aromatic carbocycles. The standard InChI is InChI=1S/C35H48ClN5O3S/c1-6-7-8-9-10-11-12-13-14-15-17-25-20-22-26(23-21-25)30(45(5,43)44)34(42)37-28-19-16-18-27(24-28)32-38-33-29(36)31(35(2,3)4)39-41(33)40-32/h16,18-24,30,39H,6-15,17H2,1-5H3,(H,37,42). The number of aryl methyl sites for hydroxylation is 1. The second-order valence-electron chi connectivity index (χ2n) is 13.2. The smallest absolute Gasteiger partial charge is 0.247 e. The van der Waals surface area contributed by atoms with Gasteiger partial charge >= 0.3 is 0 Å². The highest BCUT2D eigenvalue weighted by molar-refractivity contribution is 7.91. The average molecular weight is 654 g/mol. The predicted molar refractivity (Wildman–Crippen MR) is 185 cm³/mol. The van der Waals surface area contributed by atoms with Crippen LogP contribution in [0.4, 0.5) is 5.69 Å². The van der Waals surface area contributed by atoms with Crippen LogP contribution in [-0.4, -0.2) is 40.4 Å². The van der Waals surface area contributed by atoms with Crippen LogP contribution in [0.3, 0.4) is 0 Å². The van der Waals surface area contributed by atoms with Crippen molar-refractivity contribution < 1.29 is 13.2 Å². The van der Waals surface area contributed by atoms with Crippen molar-refractivity contribution in [2.75, 3.05) is 11.6 Å². The Bertz CT molecular complexity index is 1670. The quantitative estimate of drug-likeness (QED) is 0.117. The van der Waals surface area contributed by atoms with Crippen LogP contribution >= 0.6 is 11.6 Å². The number of nitrogens with zero attached hydrogens (tertiary/aromatic N) is 3. The minimum absolute atomic E-state index is 0.201. The number of carbonyl (C=O) groups excluding carboxylic acids is 1. The molecule has 0 aliphatic heterocycles. The molecule has 1 atom stereocenters. The number of aromatic amines is 1. The second-order valence-corrected chi connectivity index (χ2v) is 15.7. The van der Waals surface area contributed by atoms with Gasteiger partial charge in [0, 0.05) is 22.9 Å². The van der Waals surface area contributed by atoms with E-state index < -0.39 is 21.0 Å².